The second-order valence-corrected chi connectivity index (χ2v) is 4.82. The number of benzene rings is 1. The third kappa shape index (κ3) is 3.92. The number of nitrogen functional groups attached to an aromatic ring is 1. The van der Waals surface area contributed by atoms with Crippen LogP contribution in [0.25, 0.3) is 0 Å². The molecule has 0 aliphatic heterocycles. The number of rotatable bonds is 5. The number of hydrogen-bond acceptors (Lipinski definition) is 6. The number of aromatic nitrogens is 2. The molecular weight excluding hydrogens is 320 g/mol. The Balaban J connectivity index is 2.37. The predicted octanol–water partition coefficient (Wildman–Crippen LogP) is 3.10. The fourth-order valence-corrected chi connectivity index (χ4v) is 2.17. The summed E-state index contributed by atoms with van der Waals surface area (Å²) < 4.78 is 18.1. The number of hydrogen-bond donors (Lipinski definition) is 3. The highest BCUT2D eigenvalue weighted by molar-refractivity contribution is 6.39. The summed E-state index contributed by atoms with van der Waals surface area (Å²) in [7, 11) is 1.52. The molecule has 0 fully saturated rings. The summed E-state index contributed by atoms with van der Waals surface area (Å²) >= 11 is 11.9. The first-order valence-corrected chi connectivity index (χ1v) is 6.54. The van der Waals surface area contributed by atoms with E-state index in [1.165, 1.54) is 7.11 Å². The van der Waals surface area contributed by atoms with E-state index in [2.05, 4.69) is 20.7 Å². The van der Waals surface area contributed by atoms with E-state index in [1.807, 2.05) is 0 Å². The number of nitrogens with zero attached hydrogens (tertiary/aromatic N) is 2. The van der Waals surface area contributed by atoms with Crippen molar-refractivity contribution >= 4 is 40.5 Å². The molecule has 0 aliphatic rings. The van der Waals surface area contributed by atoms with Gasteiger partial charge < -0.3 is 15.5 Å². The molecule has 0 bridgehead atoms. The molecular formula is C12H12Cl2FN5O. The van der Waals surface area contributed by atoms with E-state index < -0.39 is 5.82 Å². The molecule has 9 heteroatoms. The van der Waals surface area contributed by atoms with Gasteiger partial charge in [-0.1, -0.05) is 23.2 Å². The Kier molecular flexibility index (Phi) is 5.13. The molecule has 0 unspecified atom stereocenters. The first-order chi connectivity index (χ1) is 10.0. The van der Waals surface area contributed by atoms with Gasteiger partial charge in [0.25, 0.3) is 0 Å². The van der Waals surface area contributed by atoms with Crippen molar-refractivity contribution in [3.05, 3.63) is 39.9 Å². The van der Waals surface area contributed by atoms with Gasteiger partial charge in [-0.05, 0) is 12.1 Å². The molecule has 112 valence electrons. The predicted molar refractivity (Wildman–Crippen MR) is 80.3 cm³/mol. The third-order valence-corrected chi connectivity index (χ3v) is 3.05. The van der Waals surface area contributed by atoms with Crippen molar-refractivity contribution in [2.24, 2.45) is 5.84 Å². The highest BCUT2D eigenvalue weighted by Crippen LogP contribution is 2.33. The first kappa shape index (κ1) is 15.7. The van der Waals surface area contributed by atoms with Gasteiger partial charge in [0, 0.05) is 13.2 Å². The van der Waals surface area contributed by atoms with Gasteiger partial charge in [-0.15, -0.1) is 0 Å². The summed E-state index contributed by atoms with van der Waals surface area (Å²) in [6.07, 6.45) is 0. The Hall–Kier alpha value is -1.67. The molecule has 0 saturated heterocycles. The SMILES string of the molecule is COCc1nc(NN)cc(Nc2c(Cl)cc(F)cc2Cl)n1. The lowest BCUT2D eigenvalue weighted by molar-refractivity contribution is 0.178. The number of anilines is 3. The molecule has 1 aromatic carbocycles. The van der Waals surface area contributed by atoms with Crippen LogP contribution in [0.2, 0.25) is 10.0 Å². The largest absolute Gasteiger partial charge is 0.377 e. The highest BCUT2D eigenvalue weighted by Gasteiger charge is 2.11. The van der Waals surface area contributed by atoms with Gasteiger partial charge in [0.1, 0.15) is 24.1 Å². The summed E-state index contributed by atoms with van der Waals surface area (Å²) in [4.78, 5) is 8.32. The van der Waals surface area contributed by atoms with Crippen LogP contribution in [0.4, 0.5) is 21.7 Å². The average Bonchev–Trinajstić information content (AvgIpc) is 2.43. The molecule has 1 heterocycles. The molecule has 0 spiro atoms. The molecule has 6 nitrogen and oxygen atoms in total. The maximum atomic E-state index is 13.2. The fourth-order valence-electron chi connectivity index (χ4n) is 1.62. The molecule has 2 rings (SSSR count). The van der Waals surface area contributed by atoms with Crippen molar-refractivity contribution in [2.45, 2.75) is 6.61 Å². The Bertz CT molecular complexity index is 633. The smallest absolute Gasteiger partial charge is 0.158 e. The van der Waals surface area contributed by atoms with Gasteiger partial charge in [-0.2, -0.15) is 0 Å². The zero-order chi connectivity index (χ0) is 15.4. The van der Waals surface area contributed by atoms with Gasteiger partial charge in [-0.3, -0.25) is 0 Å². The summed E-state index contributed by atoms with van der Waals surface area (Å²) in [6, 6.07) is 3.85. The standard InChI is InChI=1S/C12H12Cl2FN5O/c1-21-5-11-17-9(4-10(18-11)20-16)19-12-7(13)2-6(15)3-8(12)14/h2-4H,5,16H2,1H3,(H2,17,18,19,20). The lowest BCUT2D eigenvalue weighted by atomic mass is 10.3. The summed E-state index contributed by atoms with van der Waals surface area (Å²) in [5, 5.41) is 3.18. The molecule has 0 aliphatic carbocycles. The second kappa shape index (κ2) is 6.86. The molecule has 0 saturated carbocycles. The van der Waals surface area contributed by atoms with Crippen LogP contribution in [0.1, 0.15) is 5.82 Å². The van der Waals surface area contributed by atoms with Crippen molar-refractivity contribution in [3.63, 3.8) is 0 Å². The van der Waals surface area contributed by atoms with Crippen LogP contribution < -0.4 is 16.6 Å². The number of nitrogens with one attached hydrogen (secondary N) is 2. The number of methoxy groups -OCH3 is 1. The zero-order valence-electron chi connectivity index (χ0n) is 11.0. The highest BCUT2D eigenvalue weighted by atomic mass is 35.5. The minimum Gasteiger partial charge on any atom is -0.377 e. The van der Waals surface area contributed by atoms with Crippen molar-refractivity contribution < 1.29 is 9.13 Å². The number of halogens is 3. The van der Waals surface area contributed by atoms with Gasteiger partial charge in [-0.25, -0.2) is 20.2 Å². The topological polar surface area (TPSA) is 85.1 Å². The van der Waals surface area contributed by atoms with Crippen molar-refractivity contribution in [2.75, 3.05) is 17.9 Å². The molecule has 0 amide bonds. The van der Waals surface area contributed by atoms with Gasteiger partial charge >= 0.3 is 0 Å². The lowest BCUT2D eigenvalue weighted by Gasteiger charge is -2.12. The summed E-state index contributed by atoms with van der Waals surface area (Å²) in [6.45, 7) is 0.203. The molecule has 2 aromatic rings. The minimum atomic E-state index is -0.525. The van der Waals surface area contributed by atoms with E-state index in [0.29, 0.717) is 23.1 Å². The van der Waals surface area contributed by atoms with Crippen LogP contribution in [0, 0.1) is 5.82 Å². The monoisotopic (exact) mass is 331 g/mol. The van der Waals surface area contributed by atoms with Gasteiger partial charge in [0.05, 0.1) is 15.7 Å². The second-order valence-electron chi connectivity index (χ2n) is 4.00. The van der Waals surface area contributed by atoms with Crippen molar-refractivity contribution in [1.29, 1.82) is 0 Å². The van der Waals surface area contributed by atoms with Crippen LogP contribution >= 0.6 is 23.2 Å². The fraction of sp³-hybridized carbons (Fsp3) is 0.167. The Morgan fingerprint density at radius 1 is 1.19 bits per heavy atom. The van der Waals surface area contributed by atoms with E-state index in [4.69, 9.17) is 33.8 Å². The van der Waals surface area contributed by atoms with E-state index in [1.54, 1.807) is 6.07 Å². The van der Waals surface area contributed by atoms with Crippen LogP contribution in [0.5, 0.6) is 0 Å². The van der Waals surface area contributed by atoms with Crippen molar-refractivity contribution in [3.8, 4) is 0 Å². The summed E-state index contributed by atoms with van der Waals surface area (Å²) in [5.41, 5.74) is 2.76. The van der Waals surface area contributed by atoms with Crippen molar-refractivity contribution in [1.82, 2.24) is 9.97 Å². The number of hydrazine groups is 1. The molecule has 0 radical (unpaired) electrons. The summed E-state index contributed by atoms with van der Waals surface area (Å²) in [5.74, 6) is 6.00. The Morgan fingerprint density at radius 3 is 2.38 bits per heavy atom. The lowest BCUT2D eigenvalue weighted by Crippen LogP contribution is -2.12. The van der Waals surface area contributed by atoms with Gasteiger partial charge in [0.15, 0.2) is 5.82 Å². The first-order valence-electron chi connectivity index (χ1n) is 5.78. The Morgan fingerprint density at radius 2 is 1.81 bits per heavy atom. The molecule has 21 heavy (non-hydrogen) atoms. The van der Waals surface area contributed by atoms with Gasteiger partial charge in [0.2, 0.25) is 0 Å². The van der Waals surface area contributed by atoms with E-state index in [9.17, 15) is 4.39 Å². The molecule has 4 N–H and O–H groups in total. The minimum absolute atomic E-state index is 0.133. The zero-order valence-corrected chi connectivity index (χ0v) is 12.5. The quantitative estimate of drug-likeness (QED) is 0.576. The number of ether oxygens (including phenoxy) is 1. The number of nitrogens with two attached hydrogens (primary N) is 1. The third-order valence-electron chi connectivity index (χ3n) is 2.45. The van der Waals surface area contributed by atoms with E-state index in [0.717, 1.165) is 12.1 Å². The molecule has 1 aromatic heterocycles. The van der Waals surface area contributed by atoms with Crippen LogP contribution in [-0.4, -0.2) is 17.1 Å². The van der Waals surface area contributed by atoms with Crippen LogP contribution in [-0.2, 0) is 11.3 Å². The maximum Gasteiger partial charge on any atom is 0.158 e. The normalized spacial score (nSPS) is 10.5. The molecule has 0 atom stereocenters. The van der Waals surface area contributed by atoms with E-state index >= 15 is 0 Å². The van der Waals surface area contributed by atoms with Crippen LogP contribution in [0.15, 0.2) is 18.2 Å². The maximum absolute atomic E-state index is 13.2. The van der Waals surface area contributed by atoms with Crippen LogP contribution in [0.3, 0.4) is 0 Å². The van der Waals surface area contributed by atoms with E-state index in [-0.39, 0.29) is 16.7 Å². The Labute approximate surface area is 130 Å². The average molecular weight is 332 g/mol.